The molecule has 0 saturated carbocycles. The Morgan fingerprint density at radius 2 is 2.00 bits per heavy atom. The van der Waals surface area contributed by atoms with Gasteiger partial charge in [-0.2, -0.15) is 0 Å². The first kappa shape index (κ1) is 22.3. The highest BCUT2D eigenvalue weighted by atomic mass is 127. The van der Waals surface area contributed by atoms with Gasteiger partial charge in [0.25, 0.3) is 0 Å². The summed E-state index contributed by atoms with van der Waals surface area (Å²) in [5.41, 5.74) is 1.23. The van der Waals surface area contributed by atoms with E-state index in [0.717, 1.165) is 43.4 Å². The predicted molar refractivity (Wildman–Crippen MR) is 114 cm³/mol. The lowest BCUT2D eigenvalue weighted by atomic mass is 10.1. The van der Waals surface area contributed by atoms with Crippen molar-refractivity contribution in [3.8, 4) is 5.75 Å². The molecule has 2 N–H and O–H groups in total. The first-order chi connectivity index (χ1) is 12.3. The maximum Gasteiger partial charge on any atom is 0.190 e. The lowest BCUT2D eigenvalue weighted by Crippen LogP contribution is -2.39. The van der Waals surface area contributed by atoms with E-state index in [1.165, 1.54) is 5.56 Å². The van der Waals surface area contributed by atoms with Gasteiger partial charge in [0.15, 0.2) is 5.96 Å². The van der Waals surface area contributed by atoms with E-state index in [-0.39, 0.29) is 24.0 Å². The molecule has 0 aliphatic carbocycles. The second-order valence-corrected chi connectivity index (χ2v) is 5.51. The van der Waals surface area contributed by atoms with E-state index in [1.54, 1.807) is 20.4 Å². The van der Waals surface area contributed by atoms with E-state index in [1.807, 2.05) is 30.3 Å². The summed E-state index contributed by atoms with van der Waals surface area (Å²) >= 11 is 0. The molecule has 26 heavy (non-hydrogen) atoms. The number of halogens is 1. The zero-order chi connectivity index (χ0) is 17.7. The van der Waals surface area contributed by atoms with Crippen LogP contribution in [0.15, 0.2) is 52.1 Å². The third-order valence-corrected chi connectivity index (χ3v) is 3.65. The van der Waals surface area contributed by atoms with Crippen LogP contribution in [0.4, 0.5) is 0 Å². The van der Waals surface area contributed by atoms with Gasteiger partial charge >= 0.3 is 0 Å². The Morgan fingerprint density at radius 1 is 1.15 bits per heavy atom. The van der Waals surface area contributed by atoms with Crippen molar-refractivity contribution in [2.75, 3.05) is 33.9 Å². The molecule has 144 valence electrons. The van der Waals surface area contributed by atoms with Crippen LogP contribution in [0.1, 0.15) is 17.7 Å². The van der Waals surface area contributed by atoms with Crippen molar-refractivity contribution < 1.29 is 13.9 Å². The van der Waals surface area contributed by atoms with Gasteiger partial charge in [-0.3, -0.25) is 4.99 Å². The summed E-state index contributed by atoms with van der Waals surface area (Å²) in [5.74, 6) is 2.53. The Morgan fingerprint density at radius 3 is 2.73 bits per heavy atom. The molecule has 0 aliphatic heterocycles. The van der Waals surface area contributed by atoms with Gasteiger partial charge < -0.3 is 24.5 Å². The minimum Gasteiger partial charge on any atom is -0.497 e. The number of aliphatic imine (C=N–C) groups is 1. The molecule has 7 heteroatoms. The summed E-state index contributed by atoms with van der Waals surface area (Å²) < 4.78 is 16.0. The Kier molecular flexibility index (Phi) is 11.5. The highest BCUT2D eigenvalue weighted by Crippen LogP contribution is 2.12. The lowest BCUT2D eigenvalue weighted by Gasteiger charge is -2.12. The average molecular weight is 473 g/mol. The van der Waals surface area contributed by atoms with Crippen LogP contribution < -0.4 is 15.4 Å². The van der Waals surface area contributed by atoms with E-state index in [2.05, 4.69) is 21.7 Å². The molecule has 0 fully saturated rings. The molecule has 1 aromatic heterocycles. The SMILES string of the molecule is CN=C(NCCCOCc1ccco1)NCCc1cccc(OC)c1.I. The van der Waals surface area contributed by atoms with Gasteiger partial charge in [0.05, 0.1) is 13.4 Å². The summed E-state index contributed by atoms with van der Waals surface area (Å²) in [5, 5.41) is 6.59. The summed E-state index contributed by atoms with van der Waals surface area (Å²) in [6.07, 6.45) is 3.46. The van der Waals surface area contributed by atoms with Gasteiger partial charge in [0.1, 0.15) is 18.1 Å². The largest absolute Gasteiger partial charge is 0.497 e. The van der Waals surface area contributed by atoms with E-state index < -0.39 is 0 Å². The van der Waals surface area contributed by atoms with Crippen LogP contribution in [-0.2, 0) is 17.8 Å². The molecule has 0 amide bonds. The number of nitrogens with one attached hydrogen (secondary N) is 2. The van der Waals surface area contributed by atoms with Crippen LogP contribution in [0, 0.1) is 0 Å². The van der Waals surface area contributed by atoms with Crippen molar-refractivity contribution in [1.29, 1.82) is 0 Å². The van der Waals surface area contributed by atoms with Crippen molar-refractivity contribution in [1.82, 2.24) is 10.6 Å². The third kappa shape index (κ3) is 8.57. The van der Waals surface area contributed by atoms with Crippen LogP contribution in [0.2, 0.25) is 0 Å². The molecule has 2 aromatic rings. The van der Waals surface area contributed by atoms with E-state index in [4.69, 9.17) is 13.9 Å². The molecule has 0 atom stereocenters. The second kappa shape index (κ2) is 13.5. The lowest BCUT2D eigenvalue weighted by molar-refractivity contribution is 0.105. The van der Waals surface area contributed by atoms with Gasteiger partial charge in [-0.05, 0) is 42.7 Å². The quantitative estimate of drug-likeness (QED) is 0.240. The molecular formula is C19H28IN3O3. The van der Waals surface area contributed by atoms with Gasteiger partial charge in [-0.1, -0.05) is 12.1 Å². The van der Waals surface area contributed by atoms with Crippen molar-refractivity contribution >= 4 is 29.9 Å². The minimum absolute atomic E-state index is 0. The molecule has 1 heterocycles. The van der Waals surface area contributed by atoms with Crippen LogP contribution in [-0.4, -0.2) is 39.8 Å². The van der Waals surface area contributed by atoms with Gasteiger partial charge in [0, 0.05) is 26.7 Å². The first-order valence-corrected chi connectivity index (χ1v) is 8.49. The molecule has 0 bridgehead atoms. The molecule has 0 spiro atoms. The Bertz CT molecular complexity index is 633. The maximum atomic E-state index is 5.55. The topological polar surface area (TPSA) is 68.0 Å². The Hall–Kier alpha value is -1.74. The molecule has 6 nitrogen and oxygen atoms in total. The third-order valence-electron chi connectivity index (χ3n) is 3.65. The van der Waals surface area contributed by atoms with Crippen LogP contribution in [0.5, 0.6) is 5.75 Å². The van der Waals surface area contributed by atoms with Crippen LogP contribution in [0.3, 0.4) is 0 Å². The van der Waals surface area contributed by atoms with E-state index >= 15 is 0 Å². The molecule has 0 unspecified atom stereocenters. The zero-order valence-corrected chi connectivity index (χ0v) is 17.7. The number of guanidine groups is 1. The minimum atomic E-state index is 0. The normalized spacial score (nSPS) is 10.9. The van der Waals surface area contributed by atoms with Gasteiger partial charge in [0.2, 0.25) is 0 Å². The van der Waals surface area contributed by atoms with Gasteiger partial charge in [-0.15, -0.1) is 24.0 Å². The van der Waals surface area contributed by atoms with Crippen molar-refractivity contribution in [3.05, 3.63) is 54.0 Å². The number of methoxy groups -OCH3 is 1. The monoisotopic (exact) mass is 473 g/mol. The Labute approximate surface area is 172 Å². The summed E-state index contributed by atoms with van der Waals surface area (Å²) in [6, 6.07) is 11.9. The molecular weight excluding hydrogens is 445 g/mol. The smallest absolute Gasteiger partial charge is 0.190 e. The first-order valence-electron chi connectivity index (χ1n) is 8.49. The maximum absolute atomic E-state index is 5.55. The molecule has 0 radical (unpaired) electrons. The highest BCUT2D eigenvalue weighted by Gasteiger charge is 2.00. The number of rotatable bonds is 10. The number of hydrogen-bond donors (Lipinski definition) is 2. The summed E-state index contributed by atoms with van der Waals surface area (Å²) in [4.78, 5) is 4.23. The number of furan rings is 1. The highest BCUT2D eigenvalue weighted by molar-refractivity contribution is 14.0. The fourth-order valence-corrected chi connectivity index (χ4v) is 2.32. The number of ether oxygens (including phenoxy) is 2. The van der Waals surface area contributed by atoms with Crippen molar-refractivity contribution in [3.63, 3.8) is 0 Å². The zero-order valence-electron chi connectivity index (χ0n) is 15.4. The molecule has 0 aliphatic rings. The van der Waals surface area contributed by atoms with E-state index in [9.17, 15) is 0 Å². The summed E-state index contributed by atoms with van der Waals surface area (Å²) in [7, 11) is 3.45. The molecule has 2 rings (SSSR count). The van der Waals surface area contributed by atoms with Crippen molar-refractivity contribution in [2.45, 2.75) is 19.4 Å². The van der Waals surface area contributed by atoms with Crippen LogP contribution in [0.25, 0.3) is 0 Å². The molecule has 1 aromatic carbocycles. The summed E-state index contributed by atoms with van der Waals surface area (Å²) in [6.45, 7) is 2.80. The fourth-order valence-electron chi connectivity index (χ4n) is 2.32. The van der Waals surface area contributed by atoms with E-state index in [0.29, 0.717) is 13.2 Å². The average Bonchev–Trinajstić information content (AvgIpc) is 3.16. The number of hydrogen-bond acceptors (Lipinski definition) is 4. The predicted octanol–water partition coefficient (Wildman–Crippen LogP) is 3.22. The number of benzene rings is 1. The van der Waals surface area contributed by atoms with Gasteiger partial charge in [-0.25, -0.2) is 0 Å². The molecule has 0 saturated heterocycles. The standard InChI is InChI=1S/C19H27N3O3.HI/c1-20-19(21-10-5-12-24-15-18-8-4-13-25-18)22-11-9-16-6-3-7-17(14-16)23-2;/h3-4,6-8,13-14H,5,9-12,15H2,1-2H3,(H2,20,21,22);1H. The number of nitrogens with zero attached hydrogens (tertiary/aromatic N) is 1. The van der Waals surface area contributed by atoms with Crippen LogP contribution >= 0.6 is 24.0 Å². The second-order valence-electron chi connectivity index (χ2n) is 5.51. The van der Waals surface area contributed by atoms with Crippen molar-refractivity contribution in [2.24, 2.45) is 4.99 Å². The fraction of sp³-hybridized carbons (Fsp3) is 0.421. The Balaban J connectivity index is 0.00000338.